The number of nitrogens with one attached hydrogen (secondary N) is 1. The highest BCUT2D eigenvalue weighted by Crippen LogP contribution is 2.25. The van der Waals surface area contributed by atoms with E-state index in [1.165, 1.54) is 0 Å². The van der Waals surface area contributed by atoms with Gasteiger partial charge in [0.15, 0.2) is 0 Å². The number of aliphatic hydroxyl groups excluding tert-OH is 1. The lowest BCUT2D eigenvalue weighted by Crippen LogP contribution is -2.42. The Bertz CT molecular complexity index is 254. The van der Waals surface area contributed by atoms with E-state index in [9.17, 15) is 9.90 Å². The summed E-state index contributed by atoms with van der Waals surface area (Å²) in [4.78, 5) is 13.6. The molecule has 4 nitrogen and oxygen atoms in total. The van der Waals surface area contributed by atoms with Crippen LogP contribution < -0.4 is 5.32 Å². The van der Waals surface area contributed by atoms with E-state index in [1.807, 2.05) is 7.05 Å². The van der Waals surface area contributed by atoms with Gasteiger partial charge in [0.05, 0.1) is 6.10 Å². The fraction of sp³-hybridized carbons (Fsp3) is 0.929. The van der Waals surface area contributed by atoms with Gasteiger partial charge in [-0.25, -0.2) is 4.79 Å². The van der Waals surface area contributed by atoms with E-state index in [0.29, 0.717) is 12.5 Å². The summed E-state index contributed by atoms with van der Waals surface area (Å²) in [5.74, 6) is 0.827. The van der Waals surface area contributed by atoms with Gasteiger partial charge >= 0.3 is 6.03 Å². The molecule has 18 heavy (non-hydrogen) atoms. The number of urea groups is 1. The van der Waals surface area contributed by atoms with Crippen molar-refractivity contribution in [1.29, 1.82) is 0 Å². The molecule has 0 heterocycles. The van der Waals surface area contributed by atoms with E-state index in [4.69, 9.17) is 0 Å². The number of amides is 2. The molecule has 4 heteroatoms. The first kappa shape index (κ1) is 15.3. The maximum absolute atomic E-state index is 11.9. The van der Waals surface area contributed by atoms with Gasteiger partial charge in [-0.2, -0.15) is 0 Å². The van der Waals surface area contributed by atoms with E-state index < -0.39 is 0 Å². The van der Waals surface area contributed by atoms with Crippen LogP contribution in [0.25, 0.3) is 0 Å². The van der Waals surface area contributed by atoms with Crippen LogP contribution in [-0.2, 0) is 0 Å². The summed E-state index contributed by atoms with van der Waals surface area (Å²) >= 11 is 0. The highest BCUT2D eigenvalue weighted by atomic mass is 16.3. The molecule has 2 unspecified atom stereocenters. The third-order valence-corrected chi connectivity index (χ3v) is 4.17. The zero-order chi connectivity index (χ0) is 13.5. The SMILES string of the molecule is CCC(CC)CNC(=O)N(C)CC1CCCC1O. The van der Waals surface area contributed by atoms with Gasteiger partial charge in [-0.1, -0.05) is 33.1 Å². The Morgan fingerprint density at radius 3 is 2.56 bits per heavy atom. The largest absolute Gasteiger partial charge is 0.393 e. The number of carbonyl (C=O) groups is 1. The molecular weight excluding hydrogens is 228 g/mol. The summed E-state index contributed by atoms with van der Waals surface area (Å²) in [6.45, 7) is 5.72. The lowest BCUT2D eigenvalue weighted by molar-refractivity contribution is 0.113. The Hall–Kier alpha value is -0.770. The van der Waals surface area contributed by atoms with Crippen molar-refractivity contribution in [2.24, 2.45) is 11.8 Å². The smallest absolute Gasteiger partial charge is 0.317 e. The number of aliphatic hydroxyl groups is 1. The van der Waals surface area contributed by atoms with Crippen molar-refractivity contribution in [3.05, 3.63) is 0 Å². The van der Waals surface area contributed by atoms with Crippen LogP contribution in [0, 0.1) is 11.8 Å². The van der Waals surface area contributed by atoms with Gasteiger partial charge in [-0.3, -0.25) is 0 Å². The van der Waals surface area contributed by atoms with Gasteiger partial charge in [-0.05, 0) is 18.8 Å². The Balaban J connectivity index is 2.28. The lowest BCUT2D eigenvalue weighted by atomic mass is 10.0. The molecule has 1 fully saturated rings. The summed E-state index contributed by atoms with van der Waals surface area (Å²) in [6, 6.07) is -0.0130. The van der Waals surface area contributed by atoms with E-state index in [1.54, 1.807) is 4.90 Å². The van der Waals surface area contributed by atoms with Crippen molar-refractivity contribution in [1.82, 2.24) is 10.2 Å². The minimum absolute atomic E-state index is 0.0130. The summed E-state index contributed by atoms with van der Waals surface area (Å²) in [6.07, 6.45) is 4.97. The lowest BCUT2D eigenvalue weighted by Gasteiger charge is -2.24. The van der Waals surface area contributed by atoms with Gasteiger partial charge < -0.3 is 15.3 Å². The fourth-order valence-electron chi connectivity index (χ4n) is 2.61. The Kier molecular flexibility index (Phi) is 6.47. The Labute approximate surface area is 111 Å². The van der Waals surface area contributed by atoms with E-state index >= 15 is 0 Å². The number of hydrogen-bond donors (Lipinski definition) is 2. The summed E-state index contributed by atoms with van der Waals surface area (Å²) in [5, 5.41) is 12.7. The Morgan fingerprint density at radius 2 is 2.06 bits per heavy atom. The molecule has 0 aromatic carbocycles. The molecule has 0 aliphatic heterocycles. The van der Waals surface area contributed by atoms with Crippen molar-refractivity contribution in [2.45, 2.75) is 52.1 Å². The number of rotatable bonds is 6. The molecule has 1 aliphatic rings. The van der Waals surface area contributed by atoms with Gasteiger partial charge in [0.2, 0.25) is 0 Å². The number of carbonyl (C=O) groups excluding carboxylic acids is 1. The molecule has 1 rings (SSSR count). The van der Waals surface area contributed by atoms with Crippen molar-refractivity contribution < 1.29 is 9.90 Å². The third-order valence-electron chi connectivity index (χ3n) is 4.17. The third kappa shape index (κ3) is 4.48. The molecule has 1 aliphatic carbocycles. The second kappa shape index (κ2) is 7.62. The number of nitrogens with zero attached hydrogens (tertiary/aromatic N) is 1. The zero-order valence-corrected chi connectivity index (χ0v) is 12.0. The summed E-state index contributed by atoms with van der Waals surface area (Å²) in [7, 11) is 1.81. The standard InChI is InChI=1S/C14H28N2O2/c1-4-11(5-2)9-15-14(18)16(3)10-12-7-6-8-13(12)17/h11-13,17H,4-10H2,1-3H3,(H,15,18). The summed E-state index contributed by atoms with van der Waals surface area (Å²) < 4.78 is 0. The molecule has 1 saturated carbocycles. The van der Waals surface area contributed by atoms with Crippen LogP contribution in [0.15, 0.2) is 0 Å². The highest BCUT2D eigenvalue weighted by Gasteiger charge is 2.27. The second-order valence-corrected chi connectivity index (χ2v) is 5.51. The summed E-state index contributed by atoms with van der Waals surface area (Å²) in [5.41, 5.74) is 0. The molecule has 0 radical (unpaired) electrons. The molecule has 106 valence electrons. The Morgan fingerprint density at radius 1 is 1.39 bits per heavy atom. The van der Waals surface area contributed by atoms with Crippen molar-refractivity contribution in [3.63, 3.8) is 0 Å². The predicted molar refractivity (Wildman–Crippen MR) is 73.4 cm³/mol. The predicted octanol–water partition coefficient (Wildman–Crippen LogP) is 2.23. The van der Waals surface area contributed by atoms with Crippen molar-refractivity contribution in [2.75, 3.05) is 20.1 Å². The molecule has 0 saturated heterocycles. The maximum atomic E-state index is 11.9. The van der Waals surface area contributed by atoms with Gasteiger partial charge in [0, 0.05) is 26.1 Å². The first-order chi connectivity index (χ1) is 8.58. The van der Waals surface area contributed by atoms with E-state index in [0.717, 1.165) is 38.6 Å². The fourth-order valence-corrected chi connectivity index (χ4v) is 2.61. The quantitative estimate of drug-likeness (QED) is 0.765. The highest BCUT2D eigenvalue weighted by molar-refractivity contribution is 5.73. The minimum Gasteiger partial charge on any atom is -0.393 e. The molecule has 0 spiro atoms. The van der Waals surface area contributed by atoms with Gasteiger partial charge in [0.1, 0.15) is 0 Å². The molecule has 2 amide bonds. The first-order valence-corrected chi connectivity index (χ1v) is 7.25. The first-order valence-electron chi connectivity index (χ1n) is 7.25. The second-order valence-electron chi connectivity index (χ2n) is 5.51. The molecule has 2 atom stereocenters. The van der Waals surface area contributed by atoms with Crippen LogP contribution in [0.3, 0.4) is 0 Å². The van der Waals surface area contributed by atoms with Crippen LogP contribution >= 0.6 is 0 Å². The molecule has 0 aromatic rings. The molecule has 0 bridgehead atoms. The van der Waals surface area contributed by atoms with Crippen molar-refractivity contribution in [3.8, 4) is 0 Å². The van der Waals surface area contributed by atoms with Crippen LogP contribution in [-0.4, -0.2) is 42.3 Å². The van der Waals surface area contributed by atoms with Crippen LogP contribution in [0.1, 0.15) is 46.0 Å². The topological polar surface area (TPSA) is 52.6 Å². The van der Waals surface area contributed by atoms with Crippen LogP contribution in [0.4, 0.5) is 4.79 Å². The van der Waals surface area contributed by atoms with E-state index in [-0.39, 0.29) is 18.1 Å². The van der Waals surface area contributed by atoms with Gasteiger partial charge in [-0.15, -0.1) is 0 Å². The van der Waals surface area contributed by atoms with Crippen LogP contribution in [0.2, 0.25) is 0 Å². The number of hydrogen-bond acceptors (Lipinski definition) is 2. The average Bonchev–Trinajstić information content (AvgIpc) is 2.76. The van der Waals surface area contributed by atoms with Crippen LogP contribution in [0.5, 0.6) is 0 Å². The van der Waals surface area contributed by atoms with E-state index in [2.05, 4.69) is 19.2 Å². The zero-order valence-electron chi connectivity index (χ0n) is 12.0. The monoisotopic (exact) mass is 256 g/mol. The maximum Gasteiger partial charge on any atom is 0.317 e. The minimum atomic E-state index is -0.223. The normalized spacial score (nSPS) is 23.4. The average molecular weight is 256 g/mol. The molecule has 2 N–H and O–H groups in total. The molecule has 0 aromatic heterocycles. The van der Waals surface area contributed by atoms with Gasteiger partial charge in [0.25, 0.3) is 0 Å². The molecular formula is C14H28N2O2. The van der Waals surface area contributed by atoms with Crippen molar-refractivity contribution >= 4 is 6.03 Å².